The van der Waals surface area contributed by atoms with Gasteiger partial charge in [0.1, 0.15) is 0 Å². The van der Waals surface area contributed by atoms with E-state index in [0.717, 1.165) is 5.92 Å². The molecule has 0 amide bonds. The van der Waals surface area contributed by atoms with Gasteiger partial charge in [-0.15, -0.1) is 0 Å². The summed E-state index contributed by atoms with van der Waals surface area (Å²) in [5, 5.41) is 18.4. The van der Waals surface area contributed by atoms with Crippen LogP contribution in [0, 0.1) is 23.2 Å². The van der Waals surface area contributed by atoms with Gasteiger partial charge in [-0.1, -0.05) is 6.92 Å². The molecule has 2 bridgehead atoms. The van der Waals surface area contributed by atoms with Crippen molar-refractivity contribution in [2.24, 2.45) is 23.2 Å². The van der Waals surface area contributed by atoms with Gasteiger partial charge in [0.2, 0.25) is 0 Å². The molecule has 0 aromatic rings. The molecule has 3 fully saturated rings. The number of hydrogen-bond acceptors (Lipinski definition) is 2. The van der Waals surface area contributed by atoms with Gasteiger partial charge >= 0.3 is 0 Å². The van der Waals surface area contributed by atoms with Gasteiger partial charge in [0.15, 0.2) is 0 Å². The Bertz CT molecular complexity index is 179. The van der Waals surface area contributed by atoms with Crippen LogP contribution in [0.15, 0.2) is 0 Å². The molecule has 70 valence electrons. The van der Waals surface area contributed by atoms with E-state index in [1.54, 1.807) is 0 Å². The van der Waals surface area contributed by atoms with Crippen molar-refractivity contribution in [2.45, 2.75) is 26.2 Å². The zero-order valence-electron chi connectivity index (χ0n) is 7.66. The lowest BCUT2D eigenvalue weighted by molar-refractivity contribution is -0.152. The minimum Gasteiger partial charge on any atom is -0.396 e. The van der Waals surface area contributed by atoms with E-state index in [1.807, 2.05) is 0 Å². The molecule has 4 unspecified atom stereocenters. The Morgan fingerprint density at radius 3 is 2.58 bits per heavy atom. The van der Waals surface area contributed by atoms with Gasteiger partial charge in [-0.05, 0) is 42.4 Å². The summed E-state index contributed by atoms with van der Waals surface area (Å²) in [6.45, 7) is 2.79. The van der Waals surface area contributed by atoms with Crippen molar-refractivity contribution < 1.29 is 10.2 Å². The van der Waals surface area contributed by atoms with Crippen molar-refractivity contribution in [1.29, 1.82) is 0 Å². The Labute approximate surface area is 73.6 Å². The molecule has 4 atom stereocenters. The average Bonchev–Trinajstić information content (AvgIpc) is 2.16. The van der Waals surface area contributed by atoms with Gasteiger partial charge < -0.3 is 10.2 Å². The number of rotatable bonds is 2. The largest absolute Gasteiger partial charge is 0.396 e. The van der Waals surface area contributed by atoms with E-state index in [1.165, 1.54) is 19.3 Å². The van der Waals surface area contributed by atoms with Gasteiger partial charge in [-0.2, -0.15) is 0 Å². The minimum absolute atomic E-state index is 0.144. The molecule has 2 nitrogen and oxygen atoms in total. The summed E-state index contributed by atoms with van der Waals surface area (Å²) in [5.74, 6) is 1.79. The van der Waals surface area contributed by atoms with Gasteiger partial charge in [0.05, 0.1) is 0 Å². The van der Waals surface area contributed by atoms with Crippen LogP contribution < -0.4 is 0 Å². The van der Waals surface area contributed by atoms with E-state index in [4.69, 9.17) is 5.11 Å². The first-order valence-corrected chi connectivity index (χ1v) is 4.94. The highest BCUT2D eigenvalue weighted by atomic mass is 16.3. The summed E-state index contributed by atoms with van der Waals surface area (Å²) in [6.07, 6.45) is 3.61. The van der Waals surface area contributed by atoms with Crippen LogP contribution in [0.1, 0.15) is 26.2 Å². The molecule has 3 aliphatic rings. The van der Waals surface area contributed by atoms with Crippen molar-refractivity contribution in [3.8, 4) is 0 Å². The Morgan fingerprint density at radius 2 is 2.08 bits per heavy atom. The van der Waals surface area contributed by atoms with E-state index >= 15 is 0 Å². The number of hydrogen-bond donors (Lipinski definition) is 2. The van der Waals surface area contributed by atoms with Crippen LogP contribution >= 0.6 is 0 Å². The third kappa shape index (κ3) is 0.882. The summed E-state index contributed by atoms with van der Waals surface area (Å²) in [7, 11) is 0. The molecule has 3 saturated carbocycles. The van der Waals surface area contributed by atoms with Crippen LogP contribution in [-0.4, -0.2) is 23.4 Å². The quantitative estimate of drug-likeness (QED) is 0.649. The smallest absolute Gasteiger partial charge is 0.0490 e. The summed E-state index contributed by atoms with van der Waals surface area (Å²) in [4.78, 5) is 0. The molecule has 0 saturated heterocycles. The SMILES string of the molecule is CC1(CO)C2CCC(CO)C1C2. The van der Waals surface area contributed by atoms with Crippen LogP contribution in [0.4, 0.5) is 0 Å². The van der Waals surface area contributed by atoms with E-state index in [2.05, 4.69) is 6.92 Å². The predicted molar refractivity (Wildman–Crippen MR) is 46.6 cm³/mol. The van der Waals surface area contributed by atoms with Crippen LogP contribution in [0.2, 0.25) is 0 Å². The maximum absolute atomic E-state index is 9.28. The summed E-state index contributed by atoms with van der Waals surface area (Å²) in [5.41, 5.74) is 0.144. The van der Waals surface area contributed by atoms with Crippen LogP contribution in [0.3, 0.4) is 0 Å². The van der Waals surface area contributed by atoms with Crippen LogP contribution in [0.5, 0.6) is 0 Å². The Morgan fingerprint density at radius 1 is 1.33 bits per heavy atom. The third-order valence-electron chi connectivity index (χ3n) is 4.35. The molecule has 0 aromatic carbocycles. The van der Waals surface area contributed by atoms with Crippen molar-refractivity contribution in [3.05, 3.63) is 0 Å². The fourth-order valence-corrected chi connectivity index (χ4v) is 3.25. The maximum atomic E-state index is 9.28. The summed E-state index contributed by atoms with van der Waals surface area (Å²) in [6, 6.07) is 0. The predicted octanol–water partition coefficient (Wildman–Crippen LogP) is 1.02. The van der Waals surface area contributed by atoms with Crippen molar-refractivity contribution >= 4 is 0 Å². The van der Waals surface area contributed by atoms with Crippen molar-refractivity contribution in [2.75, 3.05) is 13.2 Å². The van der Waals surface area contributed by atoms with Crippen LogP contribution in [-0.2, 0) is 0 Å². The average molecular weight is 170 g/mol. The maximum Gasteiger partial charge on any atom is 0.0490 e. The highest BCUT2D eigenvalue weighted by Gasteiger charge is 2.56. The number of aliphatic hydroxyl groups excluding tert-OH is 2. The Balaban J connectivity index is 2.11. The highest BCUT2D eigenvalue weighted by molar-refractivity contribution is 5.05. The molecule has 0 heterocycles. The van der Waals surface area contributed by atoms with Crippen molar-refractivity contribution in [1.82, 2.24) is 0 Å². The standard InChI is InChI=1S/C10H18O2/c1-10(6-12)8-3-2-7(5-11)9(10)4-8/h7-9,11-12H,2-6H2,1H3. The topological polar surface area (TPSA) is 40.5 Å². The second-order valence-corrected chi connectivity index (χ2v) is 4.72. The van der Waals surface area contributed by atoms with Gasteiger partial charge in [0, 0.05) is 13.2 Å². The molecule has 0 radical (unpaired) electrons. The van der Waals surface area contributed by atoms with Gasteiger partial charge in [-0.3, -0.25) is 0 Å². The molecule has 0 aromatic heterocycles. The Hall–Kier alpha value is -0.0800. The first kappa shape index (κ1) is 8.52. The summed E-state index contributed by atoms with van der Waals surface area (Å²) < 4.78 is 0. The van der Waals surface area contributed by atoms with Gasteiger partial charge in [0.25, 0.3) is 0 Å². The Kier molecular flexibility index (Phi) is 1.92. The molecule has 2 N–H and O–H groups in total. The molecule has 2 heteroatoms. The molecule has 0 spiro atoms. The lowest BCUT2D eigenvalue weighted by Gasteiger charge is -2.60. The molecule has 3 aliphatic carbocycles. The lowest BCUT2D eigenvalue weighted by atomic mass is 9.45. The fourth-order valence-electron chi connectivity index (χ4n) is 3.25. The molecule has 12 heavy (non-hydrogen) atoms. The minimum atomic E-state index is 0.144. The second-order valence-electron chi connectivity index (χ2n) is 4.72. The zero-order valence-corrected chi connectivity index (χ0v) is 7.66. The molecular weight excluding hydrogens is 152 g/mol. The van der Waals surface area contributed by atoms with Gasteiger partial charge in [-0.25, -0.2) is 0 Å². The molecule has 3 rings (SSSR count). The van der Waals surface area contributed by atoms with E-state index in [9.17, 15) is 5.11 Å². The number of fused-ring (bicyclic) bond motifs is 2. The third-order valence-corrected chi connectivity index (χ3v) is 4.35. The van der Waals surface area contributed by atoms with E-state index in [0.29, 0.717) is 25.0 Å². The van der Waals surface area contributed by atoms with E-state index < -0.39 is 0 Å². The first-order chi connectivity index (χ1) is 5.72. The monoisotopic (exact) mass is 170 g/mol. The zero-order chi connectivity index (χ0) is 8.77. The normalized spacial score (nSPS) is 51.8. The lowest BCUT2D eigenvalue weighted by Crippen LogP contribution is -2.56. The highest BCUT2D eigenvalue weighted by Crippen LogP contribution is 2.61. The molecular formula is C10H18O2. The summed E-state index contributed by atoms with van der Waals surface area (Å²) >= 11 is 0. The van der Waals surface area contributed by atoms with Crippen molar-refractivity contribution in [3.63, 3.8) is 0 Å². The fraction of sp³-hybridized carbons (Fsp3) is 1.00. The number of aliphatic hydroxyl groups is 2. The second kappa shape index (κ2) is 2.71. The van der Waals surface area contributed by atoms with E-state index in [-0.39, 0.29) is 5.41 Å². The first-order valence-electron chi connectivity index (χ1n) is 4.94. The van der Waals surface area contributed by atoms with Crippen LogP contribution in [0.25, 0.3) is 0 Å². The molecule has 0 aliphatic heterocycles.